The summed E-state index contributed by atoms with van der Waals surface area (Å²) < 4.78 is 11.6. The zero-order valence-corrected chi connectivity index (χ0v) is 11.0. The number of nitrogens with zero attached hydrogens (tertiary/aromatic N) is 2. The lowest BCUT2D eigenvalue weighted by atomic mass is 10.1. The third-order valence-electron chi connectivity index (χ3n) is 3.45. The van der Waals surface area contributed by atoms with Gasteiger partial charge in [0.25, 0.3) is 0 Å². The average molecular weight is 270 g/mol. The second-order valence-corrected chi connectivity index (χ2v) is 5.11. The SMILES string of the molecule is Cc1nc(Cl)cc(NC2CCCC23OCCO3)n1. The molecule has 1 saturated heterocycles. The van der Waals surface area contributed by atoms with Crippen LogP contribution in [0.1, 0.15) is 25.1 Å². The van der Waals surface area contributed by atoms with Gasteiger partial charge in [-0.2, -0.15) is 0 Å². The Morgan fingerprint density at radius 2 is 2.17 bits per heavy atom. The molecule has 0 bridgehead atoms. The third-order valence-corrected chi connectivity index (χ3v) is 3.65. The molecule has 2 aliphatic rings. The molecular weight excluding hydrogens is 254 g/mol. The highest BCUT2D eigenvalue weighted by atomic mass is 35.5. The Kier molecular flexibility index (Phi) is 3.13. The van der Waals surface area contributed by atoms with Crippen molar-refractivity contribution in [1.29, 1.82) is 0 Å². The highest BCUT2D eigenvalue weighted by Crippen LogP contribution is 2.39. The number of rotatable bonds is 2. The van der Waals surface area contributed by atoms with Crippen LogP contribution in [0, 0.1) is 6.92 Å². The molecule has 1 aromatic rings. The quantitative estimate of drug-likeness (QED) is 0.834. The number of nitrogens with one attached hydrogen (secondary N) is 1. The van der Waals surface area contributed by atoms with E-state index in [1.54, 1.807) is 6.07 Å². The number of anilines is 1. The van der Waals surface area contributed by atoms with Gasteiger partial charge in [0, 0.05) is 12.5 Å². The number of aromatic nitrogens is 2. The molecule has 1 aliphatic carbocycles. The fraction of sp³-hybridized carbons (Fsp3) is 0.667. The third kappa shape index (κ3) is 2.18. The molecule has 2 fully saturated rings. The second-order valence-electron chi connectivity index (χ2n) is 4.72. The Bertz CT molecular complexity index is 423. The molecule has 1 unspecified atom stereocenters. The molecule has 1 saturated carbocycles. The van der Waals surface area contributed by atoms with Gasteiger partial charge in [-0.1, -0.05) is 11.6 Å². The molecule has 2 heterocycles. The van der Waals surface area contributed by atoms with Gasteiger partial charge < -0.3 is 14.8 Å². The van der Waals surface area contributed by atoms with Crippen molar-refractivity contribution in [2.24, 2.45) is 0 Å². The molecule has 0 amide bonds. The van der Waals surface area contributed by atoms with Crippen LogP contribution in [0.5, 0.6) is 0 Å². The Balaban J connectivity index is 1.79. The Labute approximate surface area is 111 Å². The lowest BCUT2D eigenvalue weighted by Gasteiger charge is -2.30. The lowest BCUT2D eigenvalue weighted by molar-refractivity contribution is -0.156. The van der Waals surface area contributed by atoms with Crippen LogP contribution < -0.4 is 5.32 Å². The van der Waals surface area contributed by atoms with Crippen molar-refractivity contribution in [2.75, 3.05) is 18.5 Å². The van der Waals surface area contributed by atoms with Crippen LogP contribution in [0.3, 0.4) is 0 Å². The zero-order chi connectivity index (χ0) is 12.6. The molecule has 6 heteroatoms. The predicted octanol–water partition coefficient (Wildman–Crippen LogP) is 2.15. The summed E-state index contributed by atoms with van der Waals surface area (Å²) in [5, 5.41) is 3.82. The van der Waals surface area contributed by atoms with E-state index in [0.29, 0.717) is 24.2 Å². The molecule has 18 heavy (non-hydrogen) atoms. The highest BCUT2D eigenvalue weighted by molar-refractivity contribution is 6.29. The van der Waals surface area contributed by atoms with Crippen LogP contribution in [0.25, 0.3) is 0 Å². The van der Waals surface area contributed by atoms with Gasteiger partial charge in [0.15, 0.2) is 5.79 Å². The standard InChI is InChI=1S/C12H16ClN3O2/c1-8-14-10(13)7-11(15-8)16-9-3-2-4-12(9)17-5-6-18-12/h7,9H,2-6H2,1H3,(H,14,15,16). The van der Waals surface area contributed by atoms with Gasteiger partial charge in [0.1, 0.15) is 16.8 Å². The minimum absolute atomic E-state index is 0.130. The number of hydrogen-bond donors (Lipinski definition) is 1. The molecule has 5 nitrogen and oxygen atoms in total. The first kappa shape index (κ1) is 12.1. The Hall–Kier alpha value is -0.910. The molecule has 0 radical (unpaired) electrons. The molecule has 1 aromatic heterocycles. The lowest BCUT2D eigenvalue weighted by Crippen LogP contribution is -2.43. The van der Waals surface area contributed by atoms with Gasteiger partial charge in [-0.25, -0.2) is 9.97 Å². The number of aryl methyl sites for hydroxylation is 1. The fourth-order valence-electron chi connectivity index (χ4n) is 2.73. The van der Waals surface area contributed by atoms with E-state index >= 15 is 0 Å². The predicted molar refractivity (Wildman–Crippen MR) is 67.7 cm³/mol. The van der Waals surface area contributed by atoms with E-state index in [0.717, 1.165) is 25.1 Å². The van der Waals surface area contributed by atoms with Crippen molar-refractivity contribution in [3.8, 4) is 0 Å². The molecule has 1 spiro atoms. The monoisotopic (exact) mass is 269 g/mol. The maximum absolute atomic E-state index is 5.93. The average Bonchev–Trinajstić information content (AvgIpc) is 2.90. The van der Waals surface area contributed by atoms with E-state index in [1.165, 1.54) is 0 Å². The van der Waals surface area contributed by atoms with Gasteiger partial charge in [0.2, 0.25) is 0 Å². The molecule has 98 valence electrons. The molecule has 0 aromatic carbocycles. The molecule has 1 aliphatic heterocycles. The van der Waals surface area contributed by atoms with E-state index < -0.39 is 5.79 Å². The zero-order valence-electron chi connectivity index (χ0n) is 10.3. The fourth-order valence-corrected chi connectivity index (χ4v) is 2.95. The van der Waals surface area contributed by atoms with Gasteiger partial charge in [-0.05, 0) is 19.8 Å². The topological polar surface area (TPSA) is 56.3 Å². The summed E-state index contributed by atoms with van der Waals surface area (Å²) in [6.45, 7) is 3.16. The Morgan fingerprint density at radius 1 is 1.39 bits per heavy atom. The van der Waals surface area contributed by atoms with E-state index in [-0.39, 0.29) is 6.04 Å². The highest BCUT2D eigenvalue weighted by Gasteiger charge is 2.48. The first-order valence-electron chi connectivity index (χ1n) is 6.24. The summed E-state index contributed by atoms with van der Waals surface area (Å²) in [5.41, 5.74) is 0. The van der Waals surface area contributed by atoms with E-state index in [4.69, 9.17) is 21.1 Å². The smallest absolute Gasteiger partial charge is 0.188 e. The summed E-state index contributed by atoms with van der Waals surface area (Å²) in [7, 11) is 0. The summed E-state index contributed by atoms with van der Waals surface area (Å²) in [6.07, 6.45) is 3.04. The summed E-state index contributed by atoms with van der Waals surface area (Å²) in [5.74, 6) is 0.925. The summed E-state index contributed by atoms with van der Waals surface area (Å²) in [6, 6.07) is 1.86. The van der Waals surface area contributed by atoms with Crippen LogP contribution in [0.2, 0.25) is 5.15 Å². The first-order chi connectivity index (χ1) is 8.68. The normalized spacial score (nSPS) is 25.8. The van der Waals surface area contributed by atoms with Crippen LogP contribution in [0.4, 0.5) is 5.82 Å². The minimum atomic E-state index is -0.467. The van der Waals surface area contributed by atoms with Crippen molar-refractivity contribution < 1.29 is 9.47 Å². The van der Waals surface area contributed by atoms with E-state index in [2.05, 4.69) is 15.3 Å². The molecule has 1 atom stereocenters. The minimum Gasteiger partial charge on any atom is -0.362 e. The van der Waals surface area contributed by atoms with Crippen molar-refractivity contribution in [2.45, 2.75) is 38.0 Å². The van der Waals surface area contributed by atoms with Crippen LogP contribution >= 0.6 is 11.6 Å². The van der Waals surface area contributed by atoms with E-state index in [9.17, 15) is 0 Å². The maximum Gasteiger partial charge on any atom is 0.188 e. The van der Waals surface area contributed by atoms with Gasteiger partial charge in [-0.15, -0.1) is 0 Å². The number of halogens is 1. The van der Waals surface area contributed by atoms with Gasteiger partial charge >= 0.3 is 0 Å². The van der Waals surface area contributed by atoms with Crippen LogP contribution in [0.15, 0.2) is 6.07 Å². The number of ether oxygens (including phenoxy) is 2. The largest absolute Gasteiger partial charge is 0.362 e. The van der Waals surface area contributed by atoms with Crippen molar-refractivity contribution in [1.82, 2.24) is 9.97 Å². The molecule has 1 N–H and O–H groups in total. The Morgan fingerprint density at radius 3 is 2.89 bits per heavy atom. The van der Waals surface area contributed by atoms with Crippen LogP contribution in [-0.2, 0) is 9.47 Å². The maximum atomic E-state index is 5.93. The van der Waals surface area contributed by atoms with Gasteiger partial charge in [-0.3, -0.25) is 0 Å². The van der Waals surface area contributed by atoms with Crippen molar-refractivity contribution >= 4 is 17.4 Å². The summed E-state index contributed by atoms with van der Waals surface area (Å²) >= 11 is 5.93. The van der Waals surface area contributed by atoms with Crippen molar-refractivity contribution in [3.63, 3.8) is 0 Å². The second kappa shape index (κ2) is 4.64. The van der Waals surface area contributed by atoms with Gasteiger partial charge in [0.05, 0.1) is 19.3 Å². The van der Waals surface area contributed by atoms with Crippen LogP contribution in [-0.4, -0.2) is 35.0 Å². The number of hydrogen-bond acceptors (Lipinski definition) is 5. The van der Waals surface area contributed by atoms with E-state index in [1.807, 2.05) is 6.92 Å². The van der Waals surface area contributed by atoms with Crippen molar-refractivity contribution in [3.05, 3.63) is 17.0 Å². The summed E-state index contributed by atoms with van der Waals surface area (Å²) in [4.78, 5) is 8.38. The molecular formula is C12H16ClN3O2. The first-order valence-corrected chi connectivity index (χ1v) is 6.61. The molecule has 3 rings (SSSR count).